The van der Waals surface area contributed by atoms with E-state index in [2.05, 4.69) is 40.7 Å². The fourth-order valence-electron chi connectivity index (χ4n) is 2.43. The van der Waals surface area contributed by atoms with Gasteiger partial charge in [0.05, 0.1) is 18.0 Å². The van der Waals surface area contributed by atoms with Gasteiger partial charge in [0.15, 0.2) is 5.96 Å². The molecule has 0 atom stereocenters. The molecule has 1 rings (SSSR count). The molecule has 22 heavy (non-hydrogen) atoms. The second kappa shape index (κ2) is 8.12. The fourth-order valence-corrected chi connectivity index (χ4v) is 2.90. The molecule has 0 amide bonds. The van der Waals surface area contributed by atoms with Crippen LogP contribution < -0.4 is 10.0 Å². The van der Waals surface area contributed by atoms with Crippen LogP contribution in [0.1, 0.15) is 33.6 Å². The summed E-state index contributed by atoms with van der Waals surface area (Å²) in [7, 11) is -1.40. The van der Waals surface area contributed by atoms with Crippen molar-refractivity contribution in [2.45, 2.75) is 45.3 Å². The first-order chi connectivity index (χ1) is 10.1. The van der Waals surface area contributed by atoms with Crippen LogP contribution in [0.5, 0.6) is 0 Å². The predicted molar refractivity (Wildman–Crippen MR) is 89.6 cm³/mol. The molecule has 1 aliphatic rings. The van der Waals surface area contributed by atoms with E-state index in [1.54, 1.807) is 7.05 Å². The highest BCUT2D eigenvalue weighted by Crippen LogP contribution is 2.20. The Bertz CT molecular complexity index is 463. The fraction of sp³-hybridized carbons (Fsp3) is 0.929. The summed E-state index contributed by atoms with van der Waals surface area (Å²) in [6, 6.07) is 0. The Morgan fingerprint density at radius 3 is 2.32 bits per heavy atom. The molecule has 1 aliphatic heterocycles. The summed E-state index contributed by atoms with van der Waals surface area (Å²) < 4.78 is 30.5. The molecule has 1 saturated heterocycles. The molecule has 0 unspecified atom stereocenters. The van der Waals surface area contributed by atoms with Gasteiger partial charge in [-0.1, -0.05) is 0 Å². The number of nitrogens with zero attached hydrogens (tertiary/aromatic N) is 2. The van der Waals surface area contributed by atoms with Gasteiger partial charge in [-0.25, -0.2) is 13.1 Å². The van der Waals surface area contributed by atoms with Gasteiger partial charge in [0.1, 0.15) is 0 Å². The van der Waals surface area contributed by atoms with Crippen molar-refractivity contribution >= 4 is 16.0 Å². The number of ether oxygens (including phenoxy) is 1. The van der Waals surface area contributed by atoms with Crippen molar-refractivity contribution in [2.24, 2.45) is 4.99 Å². The highest BCUT2D eigenvalue weighted by molar-refractivity contribution is 7.88. The van der Waals surface area contributed by atoms with Crippen LogP contribution in [0.2, 0.25) is 0 Å². The number of piperidine rings is 1. The highest BCUT2D eigenvalue weighted by Gasteiger charge is 2.25. The van der Waals surface area contributed by atoms with Crippen molar-refractivity contribution in [3.05, 3.63) is 0 Å². The number of nitrogens with one attached hydrogen (secondary N) is 2. The first kappa shape index (κ1) is 19.2. The van der Waals surface area contributed by atoms with Gasteiger partial charge in [-0.2, -0.15) is 0 Å². The first-order valence-electron chi connectivity index (χ1n) is 7.69. The van der Waals surface area contributed by atoms with E-state index in [9.17, 15) is 8.42 Å². The Morgan fingerprint density at radius 1 is 1.27 bits per heavy atom. The molecule has 7 nitrogen and oxygen atoms in total. The lowest BCUT2D eigenvalue weighted by Gasteiger charge is -2.36. The van der Waals surface area contributed by atoms with Gasteiger partial charge in [0, 0.05) is 33.2 Å². The number of aliphatic imine (C=N–C) groups is 1. The molecule has 0 saturated carbocycles. The van der Waals surface area contributed by atoms with Gasteiger partial charge < -0.3 is 15.0 Å². The third kappa shape index (κ3) is 7.95. The molecule has 130 valence electrons. The van der Waals surface area contributed by atoms with Crippen molar-refractivity contribution in [3.63, 3.8) is 0 Å². The maximum atomic E-state index is 11.0. The van der Waals surface area contributed by atoms with E-state index < -0.39 is 10.0 Å². The standard InChI is InChI=1S/C14H30N4O3S/c1-14(2,3)21-12-6-10-18(11-7-12)13(15-4)16-8-9-17-22(5,19)20/h12,17H,6-11H2,1-5H3,(H,15,16). The summed E-state index contributed by atoms with van der Waals surface area (Å²) in [6.45, 7) is 8.87. The van der Waals surface area contributed by atoms with Crippen molar-refractivity contribution in [2.75, 3.05) is 39.5 Å². The van der Waals surface area contributed by atoms with Crippen molar-refractivity contribution in [1.82, 2.24) is 14.9 Å². The first-order valence-corrected chi connectivity index (χ1v) is 9.58. The smallest absolute Gasteiger partial charge is 0.208 e. The maximum Gasteiger partial charge on any atom is 0.208 e. The summed E-state index contributed by atoms with van der Waals surface area (Å²) in [5, 5.41) is 3.18. The largest absolute Gasteiger partial charge is 0.372 e. The number of hydrogen-bond donors (Lipinski definition) is 2. The van der Waals surface area contributed by atoms with Crippen molar-refractivity contribution in [3.8, 4) is 0 Å². The second-order valence-electron chi connectivity index (χ2n) is 6.56. The summed E-state index contributed by atoms with van der Waals surface area (Å²) >= 11 is 0. The third-order valence-corrected chi connectivity index (χ3v) is 3.97. The van der Waals surface area contributed by atoms with Crippen LogP contribution in [0.15, 0.2) is 4.99 Å². The lowest BCUT2D eigenvalue weighted by Crippen LogP contribution is -2.49. The van der Waals surface area contributed by atoms with Gasteiger partial charge in [0.25, 0.3) is 0 Å². The number of guanidine groups is 1. The minimum absolute atomic E-state index is 0.107. The van der Waals surface area contributed by atoms with Crippen molar-refractivity contribution < 1.29 is 13.2 Å². The minimum Gasteiger partial charge on any atom is -0.372 e. The zero-order chi connectivity index (χ0) is 16.8. The molecule has 1 heterocycles. The molecule has 1 fully saturated rings. The maximum absolute atomic E-state index is 11.0. The average molecular weight is 334 g/mol. The molecule has 0 spiro atoms. The minimum atomic E-state index is -3.14. The molecule has 8 heteroatoms. The molecule has 0 aromatic carbocycles. The molecule has 0 aromatic heterocycles. The average Bonchev–Trinajstić information content (AvgIpc) is 2.37. The molecular weight excluding hydrogens is 304 g/mol. The summed E-state index contributed by atoms with van der Waals surface area (Å²) in [5.41, 5.74) is -0.107. The highest BCUT2D eigenvalue weighted by atomic mass is 32.2. The Kier molecular flexibility index (Phi) is 7.08. The van der Waals surface area contributed by atoms with E-state index in [1.165, 1.54) is 0 Å². The lowest BCUT2D eigenvalue weighted by molar-refractivity contribution is -0.0772. The van der Waals surface area contributed by atoms with Crippen LogP contribution in [0.25, 0.3) is 0 Å². The molecule has 0 aliphatic carbocycles. The zero-order valence-corrected chi connectivity index (χ0v) is 15.2. The monoisotopic (exact) mass is 334 g/mol. The molecular formula is C14H30N4O3S. The number of rotatable bonds is 5. The number of sulfonamides is 1. The Balaban J connectivity index is 2.34. The topological polar surface area (TPSA) is 83.0 Å². The predicted octanol–water partition coefficient (Wildman–Crippen LogP) is 0.391. The third-order valence-electron chi connectivity index (χ3n) is 3.25. The Hall–Kier alpha value is -0.860. The van der Waals surface area contributed by atoms with Crippen LogP contribution in [-0.4, -0.2) is 70.5 Å². The van der Waals surface area contributed by atoms with Gasteiger partial charge in [0.2, 0.25) is 10.0 Å². The summed E-state index contributed by atoms with van der Waals surface area (Å²) in [6.07, 6.45) is 3.39. The van der Waals surface area contributed by atoms with E-state index in [4.69, 9.17) is 4.74 Å². The normalized spacial score (nSPS) is 18.6. The van der Waals surface area contributed by atoms with Crippen LogP contribution in [-0.2, 0) is 14.8 Å². The van der Waals surface area contributed by atoms with E-state index in [0.29, 0.717) is 19.2 Å². The van der Waals surface area contributed by atoms with E-state index in [-0.39, 0.29) is 5.60 Å². The van der Waals surface area contributed by atoms with Gasteiger partial charge in [-0.05, 0) is 33.6 Å². The second-order valence-corrected chi connectivity index (χ2v) is 8.39. The van der Waals surface area contributed by atoms with E-state index >= 15 is 0 Å². The van der Waals surface area contributed by atoms with Gasteiger partial charge >= 0.3 is 0 Å². The number of hydrogen-bond acceptors (Lipinski definition) is 4. The molecule has 0 radical (unpaired) electrons. The van der Waals surface area contributed by atoms with Crippen LogP contribution in [0.4, 0.5) is 0 Å². The summed E-state index contributed by atoms with van der Waals surface area (Å²) in [4.78, 5) is 6.44. The lowest BCUT2D eigenvalue weighted by atomic mass is 10.1. The van der Waals surface area contributed by atoms with Crippen LogP contribution in [0, 0.1) is 0 Å². The van der Waals surface area contributed by atoms with E-state index in [1.807, 2.05) is 0 Å². The SMILES string of the molecule is CN=C(NCCNS(C)(=O)=O)N1CCC(OC(C)(C)C)CC1. The van der Waals surface area contributed by atoms with Crippen LogP contribution in [0.3, 0.4) is 0 Å². The Morgan fingerprint density at radius 2 is 1.86 bits per heavy atom. The molecule has 0 aromatic rings. The quantitative estimate of drug-likeness (QED) is 0.432. The Labute approximate surface area is 134 Å². The van der Waals surface area contributed by atoms with E-state index in [0.717, 1.165) is 38.1 Å². The molecule has 0 bridgehead atoms. The van der Waals surface area contributed by atoms with Gasteiger partial charge in [-0.3, -0.25) is 4.99 Å². The van der Waals surface area contributed by atoms with Crippen LogP contribution >= 0.6 is 0 Å². The zero-order valence-electron chi connectivity index (χ0n) is 14.3. The van der Waals surface area contributed by atoms with Crippen molar-refractivity contribution in [1.29, 1.82) is 0 Å². The summed E-state index contributed by atoms with van der Waals surface area (Å²) in [5.74, 6) is 0.810. The molecule has 2 N–H and O–H groups in total. The van der Waals surface area contributed by atoms with Gasteiger partial charge in [-0.15, -0.1) is 0 Å². The number of likely N-dealkylation sites (tertiary alicyclic amines) is 1.